The zero-order chi connectivity index (χ0) is 13.6. The highest BCUT2D eigenvalue weighted by Crippen LogP contribution is 2.04. The predicted molar refractivity (Wildman–Crippen MR) is 67.9 cm³/mol. The molecule has 0 bridgehead atoms. The normalized spacial score (nSPS) is 19.2. The topological polar surface area (TPSA) is 84.7 Å². The van der Waals surface area contributed by atoms with Crippen LogP contribution in [0.2, 0.25) is 0 Å². The molecule has 1 aliphatic rings. The number of nitrogens with two attached hydrogens (primary N) is 1. The number of amides is 2. The van der Waals surface area contributed by atoms with Crippen LogP contribution in [0.5, 0.6) is 0 Å². The Morgan fingerprint density at radius 2 is 2.00 bits per heavy atom. The van der Waals surface area contributed by atoms with Gasteiger partial charge in [-0.15, -0.1) is 0 Å². The second kappa shape index (κ2) is 6.70. The van der Waals surface area contributed by atoms with E-state index in [1.165, 1.54) is 0 Å². The lowest BCUT2D eigenvalue weighted by Gasteiger charge is -2.27. The number of hydrogen-bond acceptors (Lipinski definition) is 4. The molecule has 0 aromatic carbocycles. The Labute approximate surface area is 108 Å². The van der Waals surface area contributed by atoms with E-state index in [2.05, 4.69) is 5.32 Å². The fourth-order valence-electron chi connectivity index (χ4n) is 1.62. The molecule has 0 spiro atoms. The molecular weight excluding hydrogens is 234 g/mol. The number of ether oxygens (including phenoxy) is 1. The summed E-state index contributed by atoms with van der Waals surface area (Å²) in [5, 5.41) is 2.70. The van der Waals surface area contributed by atoms with Crippen LogP contribution >= 0.6 is 0 Å². The van der Waals surface area contributed by atoms with Gasteiger partial charge in [-0.1, -0.05) is 6.92 Å². The SMILES string of the molecule is CCC(C)(N)C(=O)NCCC(=O)N1CCOCC1. The van der Waals surface area contributed by atoms with E-state index >= 15 is 0 Å². The summed E-state index contributed by atoms with van der Waals surface area (Å²) in [6.07, 6.45) is 0.877. The Balaban J connectivity index is 2.24. The predicted octanol–water partition coefficient (Wildman–Crippen LogP) is -0.521. The van der Waals surface area contributed by atoms with Crippen LogP contribution in [0.4, 0.5) is 0 Å². The van der Waals surface area contributed by atoms with Crippen molar-refractivity contribution in [3.05, 3.63) is 0 Å². The maximum atomic E-state index is 11.8. The van der Waals surface area contributed by atoms with Crippen molar-refractivity contribution in [3.8, 4) is 0 Å². The molecule has 1 unspecified atom stereocenters. The molecule has 6 nitrogen and oxygen atoms in total. The van der Waals surface area contributed by atoms with Crippen LogP contribution in [-0.2, 0) is 14.3 Å². The van der Waals surface area contributed by atoms with Crippen molar-refractivity contribution >= 4 is 11.8 Å². The lowest BCUT2D eigenvalue weighted by atomic mass is 9.99. The number of nitrogens with zero attached hydrogens (tertiary/aromatic N) is 1. The molecule has 1 heterocycles. The molecule has 6 heteroatoms. The number of carbonyl (C=O) groups is 2. The van der Waals surface area contributed by atoms with E-state index in [0.29, 0.717) is 45.7 Å². The Morgan fingerprint density at radius 3 is 2.56 bits per heavy atom. The standard InChI is InChI=1S/C12H23N3O3/c1-3-12(2,13)11(17)14-5-4-10(16)15-6-8-18-9-7-15/h3-9,13H2,1-2H3,(H,14,17). The highest BCUT2D eigenvalue weighted by Gasteiger charge is 2.25. The Kier molecular flexibility index (Phi) is 5.55. The molecule has 0 aliphatic carbocycles. The van der Waals surface area contributed by atoms with Gasteiger partial charge in [-0.2, -0.15) is 0 Å². The van der Waals surface area contributed by atoms with Gasteiger partial charge >= 0.3 is 0 Å². The first-order chi connectivity index (χ1) is 8.47. The molecular formula is C12H23N3O3. The lowest BCUT2D eigenvalue weighted by Crippen LogP contribution is -2.51. The second-order valence-electron chi connectivity index (χ2n) is 4.77. The van der Waals surface area contributed by atoms with Crippen LogP contribution in [0.15, 0.2) is 0 Å². The lowest BCUT2D eigenvalue weighted by molar-refractivity contribution is -0.135. The molecule has 1 rings (SSSR count). The summed E-state index contributed by atoms with van der Waals surface area (Å²) in [7, 11) is 0. The quantitative estimate of drug-likeness (QED) is 0.694. The molecule has 0 aromatic rings. The molecule has 0 saturated carbocycles. The molecule has 3 N–H and O–H groups in total. The zero-order valence-corrected chi connectivity index (χ0v) is 11.2. The Morgan fingerprint density at radius 1 is 1.39 bits per heavy atom. The van der Waals surface area contributed by atoms with E-state index in [1.807, 2.05) is 6.92 Å². The maximum Gasteiger partial charge on any atom is 0.239 e. The highest BCUT2D eigenvalue weighted by molar-refractivity contribution is 5.86. The molecule has 0 aromatic heterocycles. The Hall–Kier alpha value is -1.14. The molecule has 104 valence electrons. The average molecular weight is 257 g/mol. The molecule has 1 aliphatic heterocycles. The molecule has 2 amide bonds. The summed E-state index contributed by atoms with van der Waals surface area (Å²) in [6.45, 7) is 6.34. The van der Waals surface area contributed by atoms with Gasteiger partial charge in [0.05, 0.1) is 18.8 Å². The van der Waals surface area contributed by atoms with Crippen LogP contribution < -0.4 is 11.1 Å². The molecule has 1 fully saturated rings. The largest absolute Gasteiger partial charge is 0.378 e. The third-order valence-electron chi connectivity index (χ3n) is 3.24. The summed E-state index contributed by atoms with van der Waals surface area (Å²) in [5.74, 6) is -0.159. The van der Waals surface area contributed by atoms with Crippen molar-refractivity contribution < 1.29 is 14.3 Å². The number of rotatable bonds is 5. The highest BCUT2D eigenvalue weighted by atomic mass is 16.5. The van der Waals surface area contributed by atoms with Gasteiger partial charge in [0.15, 0.2) is 0 Å². The first kappa shape index (κ1) is 14.9. The van der Waals surface area contributed by atoms with E-state index < -0.39 is 5.54 Å². The van der Waals surface area contributed by atoms with Crippen molar-refractivity contribution in [2.24, 2.45) is 5.73 Å². The second-order valence-corrected chi connectivity index (χ2v) is 4.77. The van der Waals surface area contributed by atoms with Crippen molar-refractivity contribution in [1.29, 1.82) is 0 Å². The van der Waals surface area contributed by atoms with Crippen molar-refractivity contribution in [2.75, 3.05) is 32.8 Å². The van der Waals surface area contributed by atoms with E-state index in [4.69, 9.17) is 10.5 Å². The van der Waals surface area contributed by atoms with Gasteiger partial charge < -0.3 is 20.7 Å². The van der Waals surface area contributed by atoms with E-state index in [9.17, 15) is 9.59 Å². The molecule has 18 heavy (non-hydrogen) atoms. The zero-order valence-electron chi connectivity index (χ0n) is 11.2. The average Bonchev–Trinajstić information content (AvgIpc) is 2.39. The molecule has 0 radical (unpaired) electrons. The smallest absolute Gasteiger partial charge is 0.239 e. The third-order valence-corrected chi connectivity index (χ3v) is 3.24. The van der Waals surface area contributed by atoms with Gasteiger partial charge in [-0.3, -0.25) is 9.59 Å². The summed E-state index contributed by atoms with van der Waals surface area (Å²) in [4.78, 5) is 25.2. The molecule has 1 atom stereocenters. The van der Waals surface area contributed by atoms with E-state index in [-0.39, 0.29) is 11.8 Å². The fraction of sp³-hybridized carbons (Fsp3) is 0.833. The first-order valence-corrected chi connectivity index (χ1v) is 6.40. The summed E-state index contributed by atoms with van der Waals surface area (Å²) in [5.41, 5.74) is 4.94. The van der Waals surface area contributed by atoms with E-state index in [1.54, 1.807) is 11.8 Å². The minimum absolute atomic E-state index is 0.0498. The van der Waals surface area contributed by atoms with Gasteiger partial charge in [0.25, 0.3) is 0 Å². The number of hydrogen-bond donors (Lipinski definition) is 2. The molecule has 1 saturated heterocycles. The van der Waals surface area contributed by atoms with Crippen molar-refractivity contribution in [3.63, 3.8) is 0 Å². The van der Waals surface area contributed by atoms with E-state index in [0.717, 1.165) is 0 Å². The Bertz CT molecular complexity index is 299. The fourth-order valence-corrected chi connectivity index (χ4v) is 1.62. The van der Waals surface area contributed by atoms with Crippen LogP contribution in [0.3, 0.4) is 0 Å². The van der Waals surface area contributed by atoms with Gasteiger partial charge in [0.1, 0.15) is 0 Å². The van der Waals surface area contributed by atoms with Gasteiger partial charge in [-0.25, -0.2) is 0 Å². The monoisotopic (exact) mass is 257 g/mol. The van der Waals surface area contributed by atoms with Gasteiger partial charge in [0.2, 0.25) is 11.8 Å². The minimum atomic E-state index is -0.859. The van der Waals surface area contributed by atoms with Crippen LogP contribution in [0, 0.1) is 0 Å². The maximum absolute atomic E-state index is 11.8. The minimum Gasteiger partial charge on any atom is -0.378 e. The summed E-state index contributed by atoms with van der Waals surface area (Å²) < 4.78 is 5.17. The van der Waals surface area contributed by atoms with Gasteiger partial charge in [0, 0.05) is 26.1 Å². The number of carbonyl (C=O) groups excluding carboxylic acids is 2. The van der Waals surface area contributed by atoms with Crippen LogP contribution in [0.25, 0.3) is 0 Å². The first-order valence-electron chi connectivity index (χ1n) is 6.40. The van der Waals surface area contributed by atoms with Crippen molar-refractivity contribution in [2.45, 2.75) is 32.2 Å². The van der Waals surface area contributed by atoms with Crippen LogP contribution in [0.1, 0.15) is 26.7 Å². The van der Waals surface area contributed by atoms with Crippen molar-refractivity contribution in [1.82, 2.24) is 10.2 Å². The third kappa shape index (κ3) is 4.27. The number of morpholine rings is 1. The summed E-state index contributed by atoms with van der Waals surface area (Å²) >= 11 is 0. The van der Waals surface area contributed by atoms with Gasteiger partial charge in [-0.05, 0) is 13.3 Å². The summed E-state index contributed by atoms with van der Waals surface area (Å²) in [6, 6.07) is 0. The number of nitrogens with one attached hydrogen (secondary N) is 1. The van der Waals surface area contributed by atoms with Crippen LogP contribution in [-0.4, -0.2) is 55.1 Å².